The Morgan fingerprint density at radius 2 is 1.87 bits per heavy atom. The molecule has 1 unspecified atom stereocenters. The Morgan fingerprint density at radius 1 is 1.13 bits per heavy atom. The molecule has 1 aromatic carbocycles. The number of ether oxygens (including phenoxy) is 1. The number of rotatable bonds is 7. The minimum absolute atomic E-state index is 0.210. The van der Waals surface area contributed by atoms with Crippen molar-refractivity contribution in [2.24, 2.45) is 0 Å². The molecule has 3 nitrogen and oxygen atoms in total. The number of hydrogen-bond donors (Lipinski definition) is 0. The molecule has 0 saturated heterocycles. The van der Waals surface area contributed by atoms with Crippen LogP contribution in [0.1, 0.15) is 42.7 Å². The Hall–Kier alpha value is -2.42. The lowest BCUT2D eigenvalue weighted by Gasteiger charge is -2.15. The monoisotopic (exact) mass is 309 g/mol. The highest BCUT2D eigenvalue weighted by molar-refractivity contribution is 5.87. The highest BCUT2D eigenvalue weighted by atomic mass is 16.5. The Balaban J connectivity index is 1.92. The van der Waals surface area contributed by atoms with Gasteiger partial charge in [0.1, 0.15) is 11.8 Å². The summed E-state index contributed by atoms with van der Waals surface area (Å²) in [5.74, 6) is -0.368. The number of hydrogen-bond acceptors (Lipinski definition) is 3. The molecule has 3 heteroatoms. The van der Waals surface area contributed by atoms with Gasteiger partial charge in [0.05, 0.1) is 0 Å². The van der Waals surface area contributed by atoms with E-state index >= 15 is 0 Å². The number of nitrogens with zero attached hydrogens (tertiary/aromatic N) is 1. The second-order valence-corrected chi connectivity index (χ2v) is 5.78. The summed E-state index contributed by atoms with van der Waals surface area (Å²) in [7, 11) is 0. The Morgan fingerprint density at radius 3 is 2.52 bits per heavy atom. The fourth-order valence-corrected chi connectivity index (χ4v) is 2.38. The summed E-state index contributed by atoms with van der Waals surface area (Å²) >= 11 is 0. The van der Waals surface area contributed by atoms with Crippen LogP contribution in [-0.2, 0) is 11.2 Å². The molecule has 2 aromatic rings. The van der Waals surface area contributed by atoms with Gasteiger partial charge in [-0.2, -0.15) is 0 Å². The Kier molecular flexibility index (Phi) is 6.55. The lowest BCUT2D eigenvalue weighted by Crippen LogP contribution is -2.17. The van der Waals surface area contributed by atoms with Crippen molar-refractivity contribution in [3.05, 3.63) is 77.6 Å². The predicted molar refractivity (Wildman–Crippen MR) is 92.3 cm³/mol. The number of benzene rings is 1. The molecular formula is C20H23NO2. The van der Waals surface area contributed by atoms with E-state index in [0.717, 1.165) is 24.8 Å². The molecule has 0 N–H and O–H groups in total. The van der Waals surface area contributed by atoms with E-state index in [1.807, 2.05) is 38.1 Å². The lowest BCUT2D eigenvalue weighted by molar-refractivity contribution is 0.0369. The average Bonchev–Trinajstić information content (AvgIpc) is 2.56. The summed E-state index contributed by atoms with van der Waals surface area (Å²) in [5.41, 5.74) is 2.80. The molecule has 0 bridgehead atoms. The molecule has 0 amide bonds. The summed E-state index contributed by atoms with van der Waals surface area (Å²) in [6.45, 7) is 4.03. The van der Waals surface area contributed by atoms with E-state index in [4.69, 9.17) is 4.74 Å². The standard InChI is InChI=1S/C20H23NO2/c1-16(2)15-18(12-8-11-17-9-4-3-5-10-17)23-20(22)19-13-6-7-14-21-19/h3-7,9-10,13-15,18H,8,11-12H2,1-2H3. The van der Waals surface area contributed by atoms with Crippen molar-refractivity contribution in [2.45, 2.75) is 39.2 Å². The molecule has 1 heterocycles. The summed E-state index contributed by atoms with van der Waals surface area (Å²) in [5, 5.41) is 0. The first-order valence-corrected chi connectivity index (χ1v) is 7.96. The van der Waals surface area contributed by atoms with E-state index < -0.39 is 0 Å². The molecule has 2 rings (SSSR count). The van der Waals surface area contributed by atoms with Crippen molar-refractivity contribution in [3.63, 3.8) is 0 Å². The van der Waals surface area contributed by atoms with Gasteiger partial charge >= 0.3 is 5.97 Å². The molecule has 0 aliphatic heterocycles. The van der Waals surface area contributed by atoms with Gasteiger partial charge in [-0.1, -0.05) is 42.0 Å². The number of aryl methyl sites for hydroxylation is 1. The van der Waals surface area contributed by atoms with E-state index in [1.54, 1.807) is 24.4 Å². The second kappa shape index (κ2) is 8.89. The van der Waals surface area contributed by atoms with Crippen molar-refractivity contribution < 1.29 is 9.53 Å². The van der Waals surface area contributed by atoms with E-state index in [9.17, 15) is 4.79 Å². The first-order chi connectivity index (χ1) is 11.1. The van der Waals surface area contributed by atoms with Crippen molar-refractivity contribution in [2.75, 3.05) is 0 Å². The van der Waals surface area contributed by atoms with Crippen LogP contribution >= 0.6 is 0 Å². The molecule has 23 heavy (non-hydrogen) atoms. The Bertz CT molecular complexity index is 631. The minimum atomic E-state index is -0.368. The highest BCUT2D eigenvalue weighted by Gasteiger charge is 2.14. The number of allylic oxidation sites excluding steroid dienone is 1. The maximum Gasteiger partial charge on any atom is 0.357 e. The third kappa shape index (κ3) is 6.07. The molecule has 0 radical (unpaired) electrons. The Labute approximate surface area is 138 Å². The van der Waals surface area contributed by atoms with E-state index in [0.29, 0.717) is 5.69 Å². The number of aromatic nitrogens is 1. The van der Waals surface area contributed by atoms with Gasteiger partial charge in [0.25, 0.3) is 0 Å². The summed E-state index contributed by atoms with van der Waals surface area (Å²) in [6.07, 6.45) is 6.15. The molecule has 1 aromatic heterocycles. The zero-order chi connectivity index (χ0) is 16.5. The number of pyridine rings is 1. The van der Waals surface area contributed by atoms with Crippen molar-refractivity contribution >= 4 is 5.97 Å². The fourth-order valence-electron chi connectivity index (χ4n) is 2.38. The maximum atomic E-state index is 12.2. The predicted octanol–water partition coefficient (Wildman–Crippen LogP) is 4.60. The van der Waals surface area contributed by atoms with Crippen molar-refractivity contribution in [3.8, 4) is 0 Å². The van der Waals surface area contributed by atoms with Crippen molar-refractivity contribution in [1.82, 2.24) is 4.98 Å². The molecule has 0 fully saturated rings. The lowest BCUT2D eigenvalue weighted by atomic mass is 10.0. The number of carbonyl (C=O) groups is 1. The molecule has 1 atom stereocenters. The van der Waals surface area contributed by atoms with Crippen LogP contribution in [0.2, 0.25) is 0 Å². The zero-order valence-electron chi connectivity index (χ0n) is 13.7. The summed E-state index contributed by atoms with van der Waals surface area (Å²) in [6, 6.07) is 15.6. The van der Waals surface area contributed by atoms with Crippen LogP contribution in [0, 0.1) is 0 Å². The van der Waals surface area contributed by atoms with Crippen LogP contribution in [0.3, 0.4) is 0 Å². The molecular weight excluding hydrogens is 286 g/mol. The number of esters is 1. The fraction of sp³-hybridized carbons (Fsp3) is 0.300. The normalized spacial score (nSPS) is 11.6. The van der Waals surface area contributed by atoms with Crippen LogP contribution in [0.25, 0.3) is 0 Å². The van der Waals surface area contributed by atoms with E-state index in [-0.39, 0.29) is 12.1 Å². The third-order valence-corrected chi connectivity index (χ3v) is 3.45. The van der Waals surface area contributed by atoms with Gasteiger partial charge in [-0.15, -0.1) is 0 Å². The second-order valence-electron chi connectivity index (χ2n) is 5.78. The molecule has 0 aliphatic rings. The molecule has 0 saturated carbocycles. The van der Waals surface area contributed by atoms with Crippen molar-refractivity contribution in [1.29, 1.82) is 0 Å². The largest absolute Gasteiger partial charge is 0.453 e. The van der Waals surface area contributed by atoms with Crippen LogP contribution in [0.5, 0.6) is 0 Å². The van der Waals surface area contributed by atoms with Gasteiger partial charge in [0.15, 0.2) is 0 Å². The van der Waals surface area contributed by atoms with Crippen LogP contribution in [0.15, 0.2) is 66.4 Å². The zero-order valence-corrected chi connectivity index (χ0v) is 13.7. The van der Waals surface area contributed by atoms with Gasteiger partial charge in [-0.05, 0) is 56.9 Å². The summed E-state index contributed by atoms with van der Waals surface area (Å²) in [4.78, 5) is 16.2. The molecule has 0 spiro atoms. The summed E-state index contributed by atoms with van der Waals surface area (Å²) < 4.78 is 5.61. The quantitative estimate of drug-likeness (QED) is 0.554. The van der Waals surface area contributed by atoms with Gasteiger partial charge in [-0.25, -0.2) is 9.78 Å². The molecule has 120 valence electrons. The third-order valence-electron chi connectivity index (χ3n) is 3.45. The highest BCUT2D eigenvalue weighted by Crippen LogP contribution is 2.13. The average molecular weight is 309 g/mol. The smallest absolute Gasteiger partial charge is 0.357 e. The van der Waals surface area contributed by atoms with Gasteiger partial charge < -0.3 is 4.74 Å². The SMILES string of the molecule is CC(C)=CC(CCCc1ccccc1)OC(=O)c1ccccn1. The van der Waals surface area contributed by atoms with Gasteiger partial charge in [0, 0.05) is 6.20 Å². The first kappa shape index (κ1) is 16.9. The number of carbonyl (C=O) groups excluding carboxylic acids is 1. The van der Waals surface area contributed by atoms with E-state index in [1.165, 1.54) is 5.56 Å². The van der Waals surface area contributed by atoms with Crippen LogP contribution < -0.4 is 0 Å². The minimum Gasteiger partial charge on any atom is -0.453 e. The van der Waals surface area contributed by atoms with Crippen LogP contribution in [-0.4, -0.2) is 17.1 Å². The van der Waals surface area contributed by atoms with E-state index in [2.05, 4.69) is 17.1 Å². The van der Waals surface area contributed by atoms with Gasteiger partial charge in [0.2, 0.25) is 0 Å². The first-order valence-electron chi connectivity index (χ1n) is 7.96. The van der Waals surface area contributed by atoms with Gasteiger partial charge in [-0.3, -0.25) is 0 Å². The van der Waals surface area contributed by atoms with Crippen LogP contribution in [0.4, 0.5) is 0 Å². The topological polar surface area (TPSA) is 39.2 Å². The molecule has 0 aliphatic carbocycles. The maximum absolute atomic E-state index is 12.2.